The third-order valence-electron chi connectivity index (χ3n) is 5.08. The summed E-state index contributed by atoms with van der Waals surface area (Å²) in [5, 5.41) is 0. The Bertz CT molecular complexity index is 412. The Hall–Kier alpha value is -0.900. The number of benzene rings is 1. The van der Waals surface area contributed by atoms with Crippen molar-refractivity contribution in [2.75, 3.05) is 34.2 Å². The van der Waals surface area contributed by atoms with Gasteiger partial charge in [-0.1, -0.05) is 30.3 Å². The van der Waals surface area contributed by atoms with Crippen molar-refractivity contribution in [1.29, 1.82) is 0 Å². The van der Waals surface area contributed by atoms with E-state index in [0.29, 0.717) is 5.54 Å². The fraction of sp³-hybridized carbons (Fsp3) is 0.667. The molecule has 0 heterocycles. The lowest BCUT2D eigenvalue weighted by Gasteiger charge is -2.49. The zero-order valence-electron chi connectivity index (χ0n) is 13.9. The fourth-order valence-corrected chi connectivity index (χ4v) is 3.36. The molecule has 0 amide bonds. The van der Waals surface area contributed by atoms with Gasteiger partial charge < -0.3 is 15.5 Å². The summed E-state index contributed by atoms with van der Waals surface area (Å²) in [6, 6.07) is 10.6. The number of nitrogens with zero attached hydrogens (tertiary/aromatic N) is 2. The highest BCUT2D eigenvalue weighted by atomic mass is 15.2. The van der Waals surface area contributed by atoms with E-state index in [4.69, 9.17) is 5.73 Å². The molecule has 1 aromatic rings. The minimum Gasteiger partial charge on any atom is -0.324 e. The second-order valence-electron chi connectivity index (χ2n) is 6.87. The van der Waals surface area contributed by atoms with Crippen molar-refractivity contribution >= 4 is 0 Å². The highest BCUT2D eigenvalue weighted by Gasteiger charge is 2.39. The van der Waals surface area contributed by atoms with Crippen LogP contribution in [0.2, 0.25) is 0 Å². The van der Waals surface area contributed by atoms with E-state index in [9.17, 15) is 0 Å². The Labute approximate surface area is 130 Å². The van der Waals surface area contributed by atoms with Crippen molar-refractivity contribution < 1.29 is 0 Å². The molecule has 1 aliphatic rings. The first-order valence-electron chi connectivity index (χ1n) is 8.20. The molecular formula is C18H31N3. The second-order valence-corrected chi connectivity index (χ2v) is 6.87. The molecule has 1 fully saturated rings. The van der Waals surface area contributed by atoms with E-state index in [1.807, 2.05) is 6.07 Å². The van der Waals surface area contributed by atoms with Crippen LogP contribution in [0, 0.1) is 0 Å². The zero-order chi connectivity index (χ0) is 15.3. The van der Waals surface area contributed by atoms with E-state index < -0.39 is 0 Å². The average Bonchev–Trinajstić information content (AvgIpc) is 2.43. The van der Waals surface area contributed by atoms with Gasteiger partial charge in [-0.05, 0) is 65.4 Å². The average molecular weight is 289 g/mol. The zero-order valence-corrected chi connectivity index (χ0v) is 13.9. The van der Waals surface area contributed by atoms with Gasteiger partial charge in [-0.2, -0.15) is 0 Å². The maximum Gasteiger partial charge on any atom is 0.0330 e. The van der Waals surface area contributed by atoms with Crippen molar-refractivity contribution in [2.45, 2.75) is 43.7 Å². The molecule has 0 aliphatic heterocycles. The van der Waals surface area contributed by atoms with Crippen molar-refractivity contribution in [3.63, 3.8) is 0 Å². The van der Waals surface area contributed by atoms with Gasteiger partial charge in [0.2, 0.25) is 0 Å². The van der Waals surface area contributed by atoms with Crippen LogP contribution >= 0.6 is 0 Å². The number of nitrogens with two attached hydrogens (primary N) is 1. The number of hydrogen-bond donors (Lipinski definition) is 1. The predicted molar refractivity (Wildman–Crippen MR) is 90.4 cm³/mol. The molecule has 3 heteroatoms. The summed E-state index contributed by atoms with van der Waals surface area (Å²) in [4.78, 5) is 4.90. The third kappa shape index (κ3) is 4.29. The Morgan fingerprint density at radius 1 is 1.14 bits per heavy atom. The molecule has 1 aromatic carbocycles. The lowest BCUT2D eigenvalue weighted by atomic mass is 9.75. The predicted octanol–water partition coefficient (Wildman–Crippen LogP) is 2.88. The molecule has 1 aliphatic carbocycles. The van der Waals surface area contributed by atoms with Crippen molar-refractivity contribution in [3.8, 4) is 0 Å². The van der Waals surface area contributed by atoms with Crippen molar-refractivity contribution in [2.24, 2.45) is 5.73 Å². The van der Waals surface area contributed by atoms with E-state index in [0.717, 1.165) is 19.4 Å². The Kier molecular flexibility index (Phi) is 5.80. The van der Waals surface area contributed by atoms with Crippen LogP contribution in [0.15, 0.2) is 30.3 Å². The van der Waals surface area contributed by atoms with Gasteiger partial charge >= 0.3 is 0 Å². The van der Waals surface area contributed by atoms with Gasteiger partial charge in [-0.3, -0.25) is 0 Å². The molecule has 3 nitrogen and oxygen atoms in total. The maximum absolute atomic E-state index is 6.27. The third-order valence-corrected chi connectivity index (χ3v) is 5.08. The van der Waals surface area contributed by atoms with Crippen LogP contribution in [-0.2, 0) is 0 Å². The standard InChI is InChI=1S/C18H31N3/c1-20(2)18(12-8-13-18)15-21(3)14-7-11-17(19)16-9-5-4-6-10-16/h4-6,9-10,17H,7-8,11-15,19H2,1-3H3. The minimum absolute atomic E-state index is 0.172. The van der Waals surface area contributed by atoms with Crippen molar-refractivity contribution in [3.05, 3.63) is 35.9 Å². The number of hydrogen-bond acceptors (Lipinski definition) is 3. The van der Waals surface area contributed by atoms with Gasteiger partial charge in [0.15, 0.2) is 0 Å². The van der Waals surface area contributed by atoms with Crippen LogP contribution in [0.3, 0.4) is 0 Å². The normalized spacial score (nSPS) is 18.8. The largest absolute Gasteiger partial charge is 0.324 e. The van der Waals surface area contributed by atoms with E-state index >= 15 is 0 Å². The first kappa shape index (κ1) is 16.5. The van der Waals surface area contributed by atoms with Crippen LogP contribution in [0.25, 0.3) is 0 Å². The van der Waals surface area contributed by atoms with E-state index in [-0.39, 0.29) is 6.04 Å². The molecule has 2 N–H and O–H groups in total. The molecule has 0 bridgehead atoms. The van der Waals surface area contributed by atoms with Crippen LogP contribution in [0.5, 0.6) is 0 Å². The lowest BCUT2D eigenvalue weighted by molar-refractivity contribution is 0.0274. The molecule has 0 spiro atoms. The van der Waals surface area contributed by atoms with Gasteiger partial charge in [-0.25, -0.2) is 0 Å². The molecule has 21 heavy (non-hydrogen) atoms. The highest BCUT2D eigenvalue weighted by Crippen LogP contribution is 2.36. The second kappa shape index (κ2) is 7.39. The summed E-state index contributed by atoms with van der Waals surface area (Å²) in [5.41, 5.74) is 7.95. The Morgan fingerprint density at radius 3 is 2.33 bits per heavy atom. The topological polar surface area (TPSA) is 32.5 Å². The van der Waals surface area contributed by atoms with Gasteiger partial charge in [0.1, 0.15) is 0 Å². The van der Waals surface area contributed by atoms with E-state index in [2.05, 4.69) is 55.2 Å². The molecule has 118 valence electrons. The summed E-state index contributed by atoms with van der Waals surface area (Å²) in [5.74, 6) is 0. The van der Waals surface area contributed by atoms with Crippen LogP contribution < -0.4 is 5.73 Å². The summed E-state index contributed by atoms with van der Waals surface area (Å²) in [7, 11) is 6.69. The molecule has 2 rings (SSSR count). The molecular weight excluding hydrogens is 258 g/mol. The highest BCUT2D eigenvalue weighted by molar-refractivity contribution is 5.18. The monoisotopic (exact) mass is 289 g/mol. The number of rotatable bonds is 8. The molecule has 1 atom stereocenters. The fourth-order valence-electron chi connectivity index (χ4n) is 3.36. The molecule has 0 radical (unpaired) electrons. The first-order chi connectivity index (χ1) is 10.0. The van der Waals surface area contributed by atoms with Gasteiger partial charge in [-0.15, -0.1) is 0 Å². The Balaban J connectivity index is 1.71. The first-order valence-corrected chi connectivity index (χ1v) is 8.20. The summed E-state index contributed by atoms with van der Waals surface area (Å²) < 4.78 is 0. The van der Waals surface area contributed by atoms with Crippen molar-refractivity contribution in [1.82, 2.24) is 9.80 Å². The quantitative estimate of drug-likeness (QED) is 0.799. The summed E-state index contributed by atoms with van der Waals surface area (Å²) >= 11 is 0. The molecule has 0 aromatic heterocycles. The van der Waals surface area contributed by atoms with Crippen LogP contribution in [0.4, 0.5) is 0 Å². The SMILES string of the molecule is CN(CCCC(N)c1ccccc1)CC1(N(C)C)CCC1. The molecule has 0 saturated heterocycles. The summed E-state index contributed by atoms with van der Waals surface area (Å²) in [6.07, 6.45) is 6.28. The van der Waals surface area contributed by atoms with E-state index in [1.165, 1.54) is 31.4 Å². The van der Waals surface area contributed by atoms with Crippen LogP contribution in [0.1, 0.15) is 43.7 Å². The molecule has 1 unspecified atom stereocenters. The smallest absolute Gasteiger partial charge is 0.0330 e. The molecule has 1 saturated carbocycles. The van der Waals surface area contributed by atoms with E-state index in [1.54, 1.807) is 0 Å². The van der Waals surface area contributed by atoms with Gasteiger partial charge in [0.25, 0.3) is 0 Å². The Morgan fingerprint density at radius 2 is 1.81 bits per heavy atom. The summed E-state index contributed by atoms with van der Waals surface area (Å²) in [6.45, 7) is 2.32. The van der Waals surface area contributed by atoms with Crippen LogP contribution in [-0.4, -0.2) is 49.6 Å². The lowest BCUT2D eigenvalue weighted by Crippen LogP contribution is -2.56. The van der Waals surface area contributed by atoms with Gasteiger partial charge in [0, 0.05) is 18.1 Å². The number of likely N-dealkylation sites (N-methyl/N-ethyl adjacent to an activating group) is 2. The minimum atomic E-state index is 0.172. The maximum atomic E-state index is 6.27. The van der Waals surface area contributed by atoms with Gasteiger partial charge in [0.05, 0.1) is 0 Å².